The Balaban J connectivity index is 2.28. The van der Waals surface area contributed by atoms with Gasteiger partial charge >= 0.3 is 11.9 Å². The lowest BCUT2D eigenvalue weighted by molar-refractivity contribution is 0.0593. The molecule has 0 bridgehead atoms. The van der Waals surface area contributed by atoms with Gasteiger partial charge in [0.05, 0.1) is 19.8 Å². The molecule has 0 fully saturated rings. The van der Waals surface area contributed by atoms with Crippen LogP contribution in [0, 0.1) is 0 Å². The van der Waals surface area contributed by atoms with E-state index in [1.807, 2.05) is 0 Å². The molecule has 0 spiro atoms. The van der Waals surface area contributed by atoms with E-state index in [1.165, 1.54) is 44.6 Å². The van der Waals surface area contributed by atoms with Gasteiger partial charge in [-0.3, -0.25) is 0 Å². The minimum Gasteiger partial charge on any atom is -0.504 e. The highest BCUT2D eigenvalue weighted by Gasteiger charge is 2.17. The van der Waals surface area contributed by atoms with Crippen LogP contribution in [-0.2, 0) is 4.74 Å². The van der Waals surface area contributed by atoms with Crippen LogP contribution in [0.3, 0.4) is 0 Å². The van der Waals surface area contributed by atoms with Crippen molar-refractivity contribution < 1.29 is 28.9 Å². The molecule has 114 valence electrons. The van der Waals surface area contributed by atoms with Crippen molar-refractivity contribution in [3.63, 3.8) is 0 Å². The predicted octanol–water partition coefficient (Wildman–Crippen LogP) is 2.41. The van der Waals surface area contributed by atoms with Crippen LogP contribution >= 0.6 is 0 Å². The van der Waals surface area contributed by atoms with Crippen molar-refractivity contribution in [1.82, 2.24) is 0 Å². The van der Waals surface area contributed by atoms with Crippen molar-refractivity contribution in [2.45, 2.75) is 0 Å². The Labute approximate surface area is 126 Å². The zero-order valence-corrected chi connectivity index (χ0v) is 12.0. The number of phenols is 1. The summed E-state index contributed by atoms with van der Waals surface area (Å²) in [4.78, 5) is 23.8. The number of carbonyl (C=O) groups excluding carboxylic acids is 2. The molecule has 6 nitrogen and oxygen atoms in total. The summed E-state index contributed by atoms with van der Waals surface area (Å²) in [6.45, 7) is 0. The van der Waals surface area contributed by atoms with Crippen molar-refractivity contribution in [3.8, 4) is 17.2 Å². The van der Waals surface area contributed by atoms with Gasteiger partial charge in [-0.2, -0.15) is 0 Å². The van der Waals surface area contributed by atoms with Gasteiger partial charge in [0.15, 0.2) is 11.5 Å². The zero-order valence-electron chi connectivity index (χ0n) is 12.0. The number of para-hydroxylation sites is 1. The van der Waals surface area contributed by atoms with Crippen LogP contribution in [-0.4, -0.2) is 31.3 Å². The van der Waals surface area contributed by atoms with E-state index in [9.17, 15) is 14.7 Å². The second kappa shape index (κ2) is 6.62. The Hall–Kier alpha value is -3.02. The van der Waals surface area contributed by atoms with Crippen molar-refractivity contribution in [3.05, 3.63) is 53.6 Å². The van der Waals surface area contributed by atoms with Gasteiger partial charge in [-0.15, -0.1) is 0 Å². The minimum atomic E-state index is -0.686. The number of methoxy groups -OCH3 is 2. The van der Waals surface area contributed by atoms with Gasteiger partial charge in [0.2, 0.25) is 0 Å². The average molecular weight is 302 g/mol. The summed E-state index contributed by atoms with van der Waals surface area (Å²) in [5.41, 5.74) is 0.318. The molecule has 1 N–H and O–H groups in total. The van der Waals surface area contributed by atoms with E-state index >= 15 is 0 Å². The van der Waals surface area contributed by atoms with E-state index < -0.39 is 11.9 Å². The predicted molar refractivity (Wildman–Crippen MR) is 77.4 cm³/mol. The van der Waals surface area contributed by atoms with Crippen molar-refractivity contribution in [1.29, 1.82) is 0 Å². The van der Waals surface area contributed by atoms with Crippen molar-refractivity contribution in [2.75, 3.05) is 14.2 Å². The highest BCUT2D eigenvalue weighted by atomic mass is 16.5. The average Bonchev–Trinajstić information content (AvgIpc) is 2.55. The number of benzene rings is 2. The van der Waals surface area contributed by atoms with Crippen LogP contribution in [0.25, 0.3) is 0 Å². The lowest BCUT2D eigenvalue weighted by atomic mass is 10.2. The van der Waals surface area contributed by atoms with Crippen molar-refractivity contribution in [2.24, 2.45) is 0 Å². The monoisotopic (exact) mass is 302 g/mol. The Kier molecular flexibility index (Phi) is 4.63. The lowest BCUT2D eigenvalue weighted by Gasteiger charge is -2.09. The standard InChI is InChI=1S/C16H14O6/c1-20-14-9-10(7-8-12(14)17)15(18)22-13-6-4-3-5-11(13)16(19)21-2/h3-9,17H,1-2H3. The highest BCUT2D eigenvalue weighted by molar-refractivity contribution is 5.96. The molecule has 0 aliphatic heterocycles. The van der Waals surface area contributed by atoms with E-state index in [0.29, 0.717) is 0 Å². The third kappa shape index (κ3) is 3.17. The van der Waals surface area contributed by atoms with E-state index in [4.69, 9.17) is 9.47 Å². The molecule has 6 heteroatoms. The molecular formula is C16H14O6. The molecule has 2 aromatic rings. The Morgan fingerprint density at radius 1 is 0.955 bits per heavy atom. The Morgan fingerprint density at radius 2 is 1.68 bits per heavy atom. The van der Waals surface area contributed by atoms with E-state index in [1.54, 1.807) is 12.1 Å². The molecule has 0 unspecified atom stereocenters. The lowest BCUT2D eigenvalue weighted by Crippen LogP contribution is -2.12. The molecule has 22 heavy (non-hydrogen) atoms. The first-order chi connectivity index (χ1) is 10.6. The van der Waals surface area contributed by atoms with E-state index in [0.717, 1.165) is 0 Å². The van der Waals surface area contributed by atoms with Gasteiger partial charge in [-0.05, 0) is 30.3 Å². The molecular weight excluding hydrogens is 288 g/mol. The molecule has 0 saturated heterocycles. The summed E-state index contributed by atoms with van der Waals surface area (Å²) in [5, 5.41) is 9.52. The van der Waals surface area contributed by atoms with Crippen LogP contribution < -0.4 is 9.47 Å². The molecule has 0 amide bonds. The van der Waals surface area contributed by atoms with Gasteiger partial charge in [0.1, 0.15) is 11.3 Å². The minimum absolute atomic E-state index is 0.0889. The number of carbonyl (C=O) groups is 2. The quantitative estimate of drug-likeness (QED) is 0.690. The highest BCUT2D eigenvalue weighted by Crippen LogP contribution is 2.27. The Morgan fingerprint density at radius 3 is 2.36 bits per heavy atom. The van der Waals surface area contributed by atoms with E-state index in [-0.39, 0.29) is 28.4 Å². The molecule has 0 radical (unpaired) electrons. The molecule has 2 aromatic carbocycles. The van der Waals surface area contributed by atoms with Crippen LogP contribution in [0.2, 0.25) is 0 Å². The largest absolute Gasteiger partial charge is 0.504 e. The fourth-order valence-corrected chi connectivity index (χ4v) is 1.80. The first kappa shape index (κ1) is 15.4. The first-order valence-corrected chi connectivity index (χ1v) is 6.33. The second-order valence-electron chi connectivity index (χ2n) is 4.26. The molecule has 0 aliphatic carbocycles. The summed E-state index contributed by atoms with van der Waals surface area (Å²) in [7, 11) is 2.61. The number of aromatic hydroxyl groups is 1. The molecule has 2 rings (SSSR count). The summed E-state index contributed by atoms with van der Waals surface area (Å²) in [6.07, 6.45) is 0. The fourth-order valence-electron chi connectivity index (χ4n) is 1.80. The number of phenolic OH excluding ortho intramolecular Hbond substituents is 1. The van der Waals surface area contributed by atoms with Crippen molar-refractivity contribution >= 4 is 11.9 Å². The third-order valence-electron chi connectivity index (χ3n) is 2.91. The van der Waals surface area contributed by atoms with Crippen LogP contribution in [0.4, 0.5) is 0 Å². The van der Waals surface area contributed by atoms with Crippen LogP contribution in [0.15, 0.2) is 42.5 Å². The summed E-state index contributed by atoms with van der Waals surface area (Å²) in [5.74, 6) is -1.14. The van der Waals surface area contributed by atoms with Gasteiger partial charge in [-0.25, -0.2) is 9.59 Å². The maximum absolute atomic E-state index is 12.1. The fraction of sp³-hybridized carbons (Fsp3) is 0.125. The number of hydrogen-bond donors (Lipinski definition) is 1. The molecule has 0 heterocycles. The zero-order chi connectivity index (χ0) is 16.1. The number of rotatable bonds is 4. The second-order valence-corrected chi connectivity index (χ2v) is 4.26. The molecule has 0 aromatic heterocycles. The van der Waals surface area contributed by atoms with Gasteiger partial charge in [-0.1, -0.05) is 12.1 Å². The summed E-state index contributed by atoms with van der Waals surface area (Å²) in [6, 6.07) is 10.3. The summed E-state index contributed by atoms with van der Waals surface area (Å²) >= 11 is 0. The topological polar surface area (TPSA) is 82.1 Å². The van der Waals surface area contributed by atoms with Crippen LogP contribution in [0.1, 0.15) is 20.7 Å². The first-order valence-electron chi connectivity index (χ1n) is 6.33. The van der Waals surface area contributed by atoms with Gasteiger partial charge in [0.25, 0.3) is 0 Å². The third-order valence-corrected chi connectivity index (χ3v) is 2.91. The normalized spacial score (nSPS) is 9.91. The molecule has 0 atom stereocenters. The summed E-state index contributed by atoms with van der Waals surface area (Å²) < 4.78 is 14.8. The number of esters is 2. The molecule has 0 aliphatic rings. The number of hydrogen-bond acceptors (Lipinski definition) is 6. The van der Waals surface area contributed by atoms with Crippen LogP contribution in [0.5, 0.6) is 17.2 Å². The van der Waals surface area contributed by atoms with Gasteiger partial charge < -0.3 is 19.3 Å². The number of ether oxygens (including phenoxy) is 3. The smallest absolute Gasteiger partial charge is 0.343 e. The maximum Gasteiger partial charge on any atom is 0.343 e. The SMILES string of the molecule is COC(=O)c1ccccc1OC(=O)c1ccc(O)c(OC)c1. The maximum atomic E-state index is 12.1. The molecule has 0 saturated carbocycles. The van der Waals surface area contributed by atoms with E-state index in [2.05, 4.69) is 4.74 Å². The van der Waals surface area contributed by atoms with Gasteiger partial charge in [0, 0.05) is 0 Å². The Bertz CT molecular complexity index is 708.